The van der Waals surface area contributed by atoms with Crippen molar-refractivity contribution in [3.05, 3.63) is 42.7 Å². The van der Waals surface area contributed by atoms with Gasteiger partial charge in [-0.25, -0.2) is 5.32 Å². The molecule has 0 N–H and O–H groups in total. The van der Waals surface area contributed by atoms with Gasteiger partial charge in [-0.3, -0.25) is 4.98 Å². The van der Waals surface area contributed by atoms with Crippen molar-refractivity contribution in [2.45, 2.75) is 6.54 Å². The predicted octanol–water partition coefficient (Wildman–Crippen LogP) is 1.37. The van der Waals surface area contributed by atoms with Gasteiger partial charge >= 0.3 is 0 Å². The molecule has 2 nitrogen and oxygen atoms in total. The standard InChI is InChI=1S/C9H11N2/c1-2-6-10-8-9-5-3-4-7-11-9/h2-5,7H,1,6,8H2. The van der Waals surface area contributed by atoms with E-state index in [1.54, 1.807) is 12.3 Å². The molecule has 11 heavy (non-hydrogen) atoms. The molecule has 1 heterocycles. The molecule has 0 aromatic carbocycles. The maximum absolute atomic E-state index is 4.18. The largest absolute Gasteiger partial charge is 0.260 e. The van der Waals surface area contributed by atoms with Crippen LogP contribution in [-0.4, -0.2) is 11.5 Å². The molecular formula is C9H11N2. The van der Waals surface area contributed by atoms with Crippen LogP contribution >= 0.6 is 0 Å². The van der Waals surface area contributed by atoms with Crippen LogP contribution in [0.1, 0.15) is 5.69 Å². The van der Waals surface area contributed by atoms with Gasteiger partial charge in [-0.2, -0.15) is 0 Å². The number of rotatable bonds is 4. The highest BCUT2D eigenvalue weighted by Gasteiger charge is 1.89. The summed E-state index contributed by atoms with van der Waals surface area (Å²) in [5, 5.41) is 4.18. The van der Waals surface area contributed by atoms with Crippen molar-refractivity contribution in [3.63, 3.8) is 0 Å². The average Bonchev–Trinajstić information content (AvgIpc) is 2.07. The van der Waals surface area contributed by atoms with Gasteiger partial charge in [0.05, 0.1) is 12.2 Å². The maximum atomic E-state index is 4.18. The quantitative estimate of drug-likeness (QED) is 0.467. The third-order valence-electron chi connectivity index (χ3n) is 1.26. The van der Waals surface area contributed by atoms with Gasteiger partial charge in [-0.1, -0.05) is 12.1 Å². The molecule has 1 aromatic rings. The van der Waals surface area contributed by atoms with Gasteiger partial charge in [0.15, 0.2) is 0 Å². The van der Waals surface area contributed by atoms with Crippen molar-refractivity contribution < 1.29 is 0 Å². The summed E-state index contributed by atoms with van der Waals surface area (Å²) in [5.41, 5.74) is 1.01. The Labute approximate surface area is 67.0 Å². The first-order valence-corrected chi connectivity index (χ1v) is 3.57. The molecule has 0 bridgehead atoms. The Morgan fingerprint density at radius 3 is 3.09 bits per heavy atom. The lowest BCUT2D eigenvalue weighted by atomic mass is 10.3. The van der Waals surface area contributed by atoms with Crippen molar-refractivity contribution in [1.82, 2.24) is 10.3 Å². The van der Waals surface area contributed by atoms with Gasteiger partial charge in [0.25, 0.3) is 0 Å². The second-order valence-corrected chi connectivity index (χ2v) is 2.17. The summed E-state index contributed by atoms with van der Waals surface area (Å²) in [4.78, 5) is 4.12. The number of aromatic nitrogens is 1. The van der Waals surface area contributed by atoms with Crippen molar-refractivity contribution >= 4 is 0 Å². The minimum Gasteiger partial charge on any atom is -0.260 e. The third kappa shape index (κ3) is 2.96. The van der Waals surface area contributed by atoms with Crippen LogP contribution in [0.2, 0.25) is 0 Å². The van der Waals surface area contributed by atoms with Crippen LogP contribution in [0.15, 0.2) is 37.1 Å². The normalized spacial score (nSPS) is 9.45. The Kier molecular flexibility index (Phi) is 3.35. The molecule has 1 aromatic heterocycles. The summed E-state index contributed by atoms with van der Waals surface area (Å²) < 4.78 is 0. The molecule has 0 saturated carbocycles. The molecule has 0 atom stereocenters. The molecular weight excluding hydrogens is 136 g/mol. The van der Waals surface area contributed by atoms with E-state index in [9.17, 15) is 0 Å². The summed E-state index contributed by atoms with van der Waals surface area (Å²) in [7, 11) is 0. The first kappa shape index (κ1) is 7.95. The summed E-state index contributed by atoms with van der Waals surface area (Å²) in [6.07, 6.45) is 3.56. The van der Waals surface area contributed by atoms with Crippen LogP contribution in [-0.2, 0) is 6.54 Å². The highest BCUT2D eigenvalue weighted by atomic mass is 14.9. The molecule has 0 saturated heterocycles. The molecule has 1 rings (SSSR count). The molecule has 2 heteroatoms. The van der Waals surface area contributed by atoms with Crippen LogP contribution in [0, 0.1) is 0 Å². The highest BCUT2D eigenvalue weighted by molar-refractivity contribution is 5.02. The maximum Gasteiger partial charge on any atom is 0.0561 e. The molecule has 0 aliphatic carbocycles. The van der Waals surface area contributed by atoms with E-state index in [0.29, 0.717) is 13.1 Å². The summed E-state index contributed by atoms with van der Waals surface area (Å²) in [6.45, 7) is 4.97. The summed E-state index contributed by atoms with van der Waals surface area (Å²) in [6, 6.07) is 5.83. The van der Waals surface area contributed by atoms with E-state index in [1.807, 2.05) is 18.2 Å². The fraction of sp³-hybridized carbons (Fsp3) is 0.222. The lowest BCUT2D eigenvalue weighted by Gasteiger charge is -1.96. The van der Waals surface area contributed by atoms with E-state index >= 15 is 0 Å². The molecule has 0 unspecified atom stereocenters. The van der Waals surface area contributed by atoms with E-state index in [0.717, 1.165) is 5.69 Å². The number of pyridine rings is 1. The highest BCUT2D eigenvalue weighted by Crippen LogP contribution is 1.91. The van der Waals surface area contributed by atoms with Crippen molar-refractivity contribution in [2.24, 2.45) is 0 Å². The minimum absolute atomic E-state index is 0.687. The molecule has 0 aliphatic heterocycles. The Bertz CT molecular complexity index is 206. The zero-order chi connectivity index (χ0) is 7.94. The molecule has 57 valence electrons. The first-order valence-electron chi connectivity index (χ1n) is 3.57. The monoisotopic (exact) mass is 147 g/mol. The minimum atomic E-state index is 0.687. The Balaban J connectivity index is 2.33. The van der Waals surface area contributed by atoms with Crippen LogP contribution in [0.3, 0.4) is 0 Å². The van der Waals surface area contributed by atoms with Gasteiger partial charge in [-0.15, -0.1) is 6.58 Å². The van der Waals surface area contributed by atoms with Crippen LogP contribution < -0.4 is 5.32 Å². The van der Waals surface area contributed by atoms with Crippen LogP contribution in [0.4, 0.5) is 0 Å². The lowest BCUT2D eigenvalue weighted by Crippen LogP contribution is -2.04. The smallest absolute Gasteiger partial charge is 0.0561 e. The van der Waals surface area contributed by atoms with E-state index in [4.69, 9.17) is 0 Å². The first-order chi connectivity index (χ1) is 5.43. The molecule has 0 aliphatic rings. The van der Waals surface area contributed by atoms with Crippen LogP contribution in [0.5, 0.6) is 0 Å². The van der Waals surface area contributed by atoms with Gasteiger partial charge in [0, 0.05) is 12.7 Å². The SMILES string of the molecule is C=CC[N]Cc1ccccn1. The Morgan fingerprint density at radius 1 is 1.55 bits per heavy atom. The molecule has 1 radical (unpaired) electrons. The fourth-order valence-electron chi connectivity index (χ4n) is 0.762. The van der Waals surface area contributed by atoms with Gasteiger partial charge in [-0.05, 0) is 12.1 Å². The summed E-state index contributed by atoms with van der Waals surface area (Å²) >= 11 is 0. The van der Waals surface area contributed by atoms with Gasteiger partial charge in [0.2, 0.25) is 0 Å². The summed E-state index contributed by atoms with van der Waals surface area (Å²) in [5.74, 6) is 0. The van der Waals surface area contributed by atoms with E-state index in [2.05, 4.69) is 16.9 Å². The topological polar surface area (TPSA) is 27.0 Å². The second kappa shape index (κ2) is 4.63. The third-order valence-corrected chi connectivity index (χ3v) is 1.26. The van der Waals surface area contributed by atoms with Crippen molar-refractivity contribution in [1.29, 1.82) is 0 Å². The van der Waals surface area contributed by atoms with E-state index in [-0.39, 0.29) is 0 Å². The zero-order valence-corrected chi connectivity index (χ0v) is 6.40. The number of hydrogen-bond donors (Lipinski definition) is 0. The van der Waals surface area contributed by atoms with E-state index in [1.165, 1.54) is 0 Å². The Morgan fingerprint density at radius 2 is 2.45 bits per heavy atom. The average molecular weight is 147 g/mol. The van der Waals surface area contributed by atoms with Gasteiger partial charge < -0.3 is 0 Å². The lowest BCUT2D eigenvalue weighted by molar-refractivity contribution is 0.724. The zero-order valence-electron chi connectivity index (χ0n) is 6.40. The molecule has 0 amide bonds. The van der Waals surface area contributed by atoms with E-state index < -0.39 is 0 Å². The molecule has 0 fully saturated rings. The van der Waals surface area contributed by atoms with Crippen molar-refractivity contribution in [3.8, 4) is 0 Å². The fourth-order valence-corrected chi connectivity index (χ4v) is 0.762. The van der Waals surface area contributed by atoms with Crippen molar-refractivity contribution in [2.75, 3.05) is 6.54 Å². The van der Waals surface area contributed by atoms with Gasteiger partial charge in [0.1, 0.15) is 0 Å². The number of nitrogens with zero attached hydrogens (tertiary/aromatic N) is 2. The second-order valence-electron chi connectivity index (χ2n) is 2.17. The van der Waals surface area contributed by atoms with Crippen LogP contribution in [0.25, 0.3) is 0 Å². The predicted molar refractivity (Wildman–Crippen MR) is 45.1 cm³/mol. The number of hydrogen-bond acceptors (Lipinski definition) is 1. The molecule has 0 spiro atoms. The Hall–Kier alpha value is -1.15.